The van der Waals surface area contributed by atoms with Crippen LogP contribution in [0.2, 0.25) is 0 Å². The fourth-order valence-electron chi connectivity index (χ4n) is 3.84. The molecule has 1 fully saturated rings. The molecule has 4 aromatic heterocycles. The molecular weight excluding hydrogens is 488 g/mol. The molecule has 0 aromatic carbocycles. The van der Waals surface area contributed by atoms with Crippen molar-refractivity contribution in [1.82, 2.24) is 29.5 Å². The maximum atomic E-state index is 13.9. The summed E-state index contributed by atoms with van der Waals surface area (Å²) in [7, 11) is 1.55. The van der Waals surface area contributed by atoms with E-state index in [4.69, 9.17) is 9.72 Å². The molecular formula is C19H17FIN7O. The highest BCUT2D eigenvalue weighted by molar-refractivity contribution is 14.1. The van der Waals surface area contributed by atoms with E-state index in [1.165, 1.54) is 12.3 Å². The first kappa shape index (κ1) is 18.3. The van der Waals surface area contributed by atoms with Crippen LogP contribution in [0, 0.1) is 9.52 Å². The largest absolute Gasteiger partial charge is 0.481 e. The molecule has 8 nitrogen and oxygen atoms in total. The van der Waals surface area contributed by atoms with E-state index in [-0.39, 0.29) is 11.9 Å². The maximum absolute atomic E-state index is 13.9. The Morgan fingerprint density at radius 3 is 2.97 bits per heavy atom. The molecule has 0 bridgehead atoms. The second-order valence-corrected chi connectivity index (χ2v) is 7.96. The number of hydrogen-bond donors (Lipinski definition) is 1. The smallest absolute Gasteiger partial charge is 0.218 e. The van der Waals surface area contributed by atoms with E-state index in [1.54, 1.807) is 24.0 Å². The van der Waals surface area contributed by atoms with E-state index in [0.29, 0.717) is 11.5 Å². The number of fused-ring (bicyclic) bond motifs is 1. The van der Waals surface area contributed by atoms with Crippen molar-refractivity contribution in [3.05, 3.63) is 52.0 Å². The van der Waals surface area contributed by atoms with Gasteiger partial charge in [0.1, 0.15) is 17.5 Å². The summed E-state index contributed by atoms with van der Waals surface area (Å²) in [5, 5.41) is 4.38. The highest BCUT2D eigenvalue weighted by atomic mass is 127. The lowest BCUT2D eigenvalue weighted by Crippen LogP contribution is -2.24. The Bertz CT molecular complexity index is 1190. The van der Waals surface area contributed by atoms with Crippen molar-refractivity contribution in [3.8, 4) is 17.3 Å². The Kier molecular flexibility index (Phi) is 4.57. The van der Waals surface area contributed by atoms with Gasteiger partial charge in [0.15, 0.2) is 5.65 Å². The van der Waals surface area contributed by atoms with Gasteiger partial charge in [0.05, 0.1) is 41.0 Å². The summed E-state index contributed by atoms with van der Waals surface area (Å²) in [5.41, 5.74) is 2.28. The molecule has 29 heavy (non-hydrogen) atoms. The van der Waals surface area contributed by atoms with Crippen LogP contribution in [0.25, 0.3) is 17.0 Å². The molecule has 10 heteroatoms. The SMILES string of the molecule is COc1ncc(F)cc1[C@H]1CCCN1c1ccn2ncc(-c3ncc(I)[nH]3)c2n1. The Morgan fingerprint density at radius 1 is 1.28 bits per heavy atom. The lowest BCUT2D eigenvalue weighted by Gasteiger charge is -2.26. The third-order valence-electron chi connectivity index (χ3n) is 5.10. The molecule has 1 atom stereocenters. The minimum Gasteiger partial charge on any atom is -0.481 e. The van der Waals surface area contributed by atoms with Crippen molar-refractivity contribution in [3.63, 3.8) is 0 Å². The zero-order valence-corrected chi connectivity index (χ0v) is 17.7. The highest BCUT2D eigenvalue weighted by Crippen LogP contribution is 2.39. The fraction of sp³-hybridized carbons (Fsp3) is 0.263. The number of hydrogen-bond acceptors (Lipinski definition) is 6. The zero-order chi connectivity index (χ0) is 20.0. The van der Waals surface area contributed by atoms with Gasteiger partial charge in [0.25, 0.3) is 0 Å². The molecule has 0 unspecified atom stereocenters. The molecule has 0 amide bonds. The van der Waals surface area contributed by atoms with Gasteiger partial charge in [-0.25, -0.2) is 23.9 Å². The lowest BCUT2D eigenvalue weighted by molar-refractivity contribution is 0.385. The van der Waals surface area contributed by atoms with Gasteiger partial charge in [-0.15, -0.1) is 0 Å². The number of aromatic nitrogens is 6. The number of methoxy groups -OCH3 is 1. The molecule has 4 aromatic rings. The first-order valence-corrected chi connectivity index (χ1v) is 10.2. The number of halogens is 2. The highest BCUT2D eigenvalue weighted by Gasteiger charge is 2.31. The van der Waals surface area contributed by atoms with Crippen molar-refractivity contribution >= 4 is 34.1 Å². The van der Waals surface area contributed by atoms with Crippen LogP contribution in [-0.2, 0) is 0 Å². The Hall–Kier alpha value is -2.76. The van der Waals surface area contributed by atoms with E-state index in [1.807, 2.05) is 12.3 Å². The predicted molar refractivity (Wildman–Crippen MR) is 113 cm³/mol. The van der Waals surface area contributed by atoms with Crippen LogP contribution in [0.15, 0.2) is 36.9 Å². The molecule has 1 saturated heterocycles. The van der Waals surface area contributed by atoms with Gasteiger partial charge in [-0.3, -0.25) is 0 Å². The van der Waals surface area contributed by atoms with Gasteiger partial charge in [-0.05, 0) is 47.6 Å². The molecule has 1 aliphatic heterocycles. The predicted octanol–water partition coefficient (Wildman–Crippen LogP) is 3.61. The van der Waals surface area contributed by atoms with Gasteiger partial charge < -0.3 is 14.6 Å². The Balaban J connectivity index is 1.57. The van der Waals surface area contributed by atoms with Gasteiger partial charge in [0.2, 0.25) is 5.88 Å². The van der Waals surface area contributed by atoms with E-state index < -0.39 is 0 Å². The number of anilines is 1. The number of nitrogens with zero attached hydrogens (tertiary/aromatic N) is 6. The third-order valence-corrected chi connectivity index (χ3v) is 5.65. The van der Waals surface area contributed by atoms with Crippen molar-refractivity contribution < 1.29 is 9.13 Å². The summed E-state index contributed by atoms with van der Waals surface area (Å²) < 4.78 is 22.0. The molecule has 0 saturated carbocycles. The van der Waals surface area contributed by atoms with E-state index >= 15 is 0 Å². The Morgan fingerprint density at radius 2 is 2.17 bits per heavy atom. The molecule has 5 heterocycles. The number of rotatable bonds is 4. The second kappa shape index (κ2) is 7.25. The number of pyridine rings is 1. The van der Waals surface area contributed by atoms with E-state index in [2.05, 4.69) is 47.5 Å². The van der Waals surface area contributed by atoms with Gasteiger partial charge in [-0.2, -0.15) is 5.10 Å². The quantitative estimate of drug-likeness (QED) is 0.427. The Labute approximate surface area is 179 Å². The normalized spacial score (nSPS) is 16.7. The lowest BCUT2D eigenvalue weighted by atomic mass is 10.1. The minimum absolute atomic E-state index is 0.0565. The average Bonchev–Trinajstić information content (AvgIpc) is 3.46. The number of nitrogens with one attached hydrogen (secondary N) is 1. The standard InChI is InChI=1S/C19H17FIN7O/c1-29-19-12(7-11(20)8-23-19)14-3-2-5-27(14)16-4-6-28-18(26-16)13(9-24-28)17-22-10-15(21)25-17/h4,6-10,14H,2-3,5H2,1H3,(H,22,25)/t14-/m1/s1. The molecule has 0 aliphatic carbocycles. The average molecular weight is 505 g/mol. The van der Waals surface area contributed by atoms with Crippen molar-refractivity contribution in [2.75, 3.05) is 18.6 Å². The van der Waals surface area contributed by atoms with Crippen LogP contribution in [0.1, 0.15) is 24.4 Å². The summed E-state index contributed by atoms with van der Waals surface area (Å²) in [6, 6.07) is 3.37. The topological polar surface area (TPSA) is 84.2 Å². The molecule has 1 aliphatic rings. The van der Waals surface area contributed by atoms with Crippen molar-refractivity contribution in [2.45, 2.75) is 18.9 Å². The molecule has 1 N–H and O–H groups in total. The summed E-state index contributed by atoms with van der Waals surface area (Å²) in [4.78, 5) is 18.7. The van der Waals surface area contributed by atoms with Gasteiger partial charge >= 0.3 is 0 Å². The van der Waals surface area contributed by atoms with Crippen LogP contribution in [0.4, 0.5) is 10.2 Å². The second-order valence-electron chi connectivity index (χ2n) is 6.80. The zero-order valence-electron chi connectivity index (χ0n) is 15.5. The number of H-pyrrole nitrogens is 1. The fourth-order valence-corrected chi connectivity index (χ4v) is 4.23. The number of ether oxygens (including phenoxy) is 1. The molecule has 0 spiro atoms. The van der Waals surface area contributed by atoms with Crippen LogP contribution in [-0.4, -0.2) is 43.2 Å². The summed E-state index contributed by atoms with van der Waals surface area (Å²) in [6.45, 7) is 0.815. The van der Waals surface area contributed by atoms with Crippen LogP contribution < -0.4 is 9.64 Å². The van der Waals surface area contributed by atoms with Gasteiger partial charge in [0, 0.05) is 18.3 Å². The minimum atomic E-state index is -0.374. The molecule has 0 radical (unpaired) electrons. The summed E-state index contributed by atoms with van der Waals surface area (Å²) in [6.07, 6.45) is 8.42. The number of aromatic amines is 1. The molecule has 148 valence electrons. The van der Waals surface area contributed by atoms with Crippen LogP contribution >= 0.6 is 22.6 Å². The van der Waals surface area contributed by atoms with Crippen LogP contribution in [0.5, 0.6) is 5.88 Å². The number of imidazole rings is 1. The summed E-state index contributed by atoms with van der Waals surface area (Å²) in [5.74, 6) is 1.60. The maximum Gasteiger partial charge on any atom is 0.218 e. The first-order valence-electron chi connectivity index (χ1n) is 9.15. The van der Waals surface area contributed by atoms with E-state index in [9.17, 15) is 4.39 Å². The summed E-state index contributed by atoms with van der Waals surface area (Å²) >= 11 is 2.18. The molecule has 5 rings (SSSR count). The van der Waals surface area contributed by atoms with Gasteiger partial charge in [-0.1, -0.05) is 0 Å². The van der Waals surface area contributed by atoms with Crippen molar-refractivity contribution in [1.29, 1.82) is 0 Å². The third kappa shape index (κ3) is 3.20. The van der Waals surface area contributed by atoms with Crippen LogP contribution in [0.3, 0.4) is 0 Å². The van der Waals surface area contributed by atoms with E-state index in [0.717, 1.165) is 45.9 Å². The van der Waals surface area contributed by atoms with Crippen molar-refractivity contribution in [2.24, 2.45) is 0 Å². The first-order chi connectivity index (χ1) is 14.1. The monoisotopic (exact) mass is 505 g/mol.